The van der Waals surface area contributed by atoms with Gasteiger partial charge in [0.2, 0.25) is 5.91 Å². The van der Waals surface area contributed by atoms with Crippen LogP contribution in [0.25, 0.3) is 0 Å². The Balaban J connectivity index is 1.47. The molecule has 0 bridgehead atoms. The quantitative estimate of drug-likeness (QED) is 0.796. The number of alkyl halides is 3. The number of rotatable bonds is 3. The van der Waals surface area contributed by atoms with Crippen LogP contribution in [0, 0.1) is 0 Å². The van der Waals surface area contributed by atoms with E-state index in [1.54, 1.807) is 10.2 Å². The van der Waals surface area contributed by atoms with Gasteiger partial charge in [-0.1, -0.05) is 6.42 Å². The predicted octanol–water partition coefficient (Wildman–Crippen LogP) is 1.81. The van der Waals surface area contributed by atoms with E-state index in [4.69, 9.17) is 4.74 Å². The summed E-state index contributed by atoms with van der Waals surface area (Å²) in [5, 5.41) is 1.59. The lowest BCUT2D eigenvalue weighted by atomic mass is 9.84. The van der Waals surface area contributed by atoms with E-state index in [0.29, 0.717) is 32.5 Å². The Kier molecular flexibility index (Phi) is 5.53. The molecule has 152 valence electrons. The summed E-state index contributed by atoms with van der Waals surface area (Å²) in [6.45, 7) is 0.564. The molecule has 10 heteroatoms. The monoisotopic (exact) mass is 391 g/mol. The molecule has 27 heavy (non-hydrogen) atoms. The van der Waals surface area contributed by atoms with Gasteiger partial charge in [0, 0.05) is 19.1 Å². The number of carbonyl (C=O) groups is 3. The van der Waals surface area contributed by atoms with Gasteiger partial charge in [-0.05, 0) is 38.5 Å². The number of amides is 3. The Morgan fingerprint density at radius 1 is 1.15 bits per heavy atom. The summed E-state index contributed by atoms with van der Waals surface area (Å²) in [6.07, 6.45) is 0.808. The molecule has 0 aromatic carbocycles. The molecule has 1 N–H and O–H groups in total. The lowest BCUT2D eigenvalue weighted by Crippen LogP contribution is -2.50. The number of hydrogen-bond donors (Lipinski definition) is 1. The van der Waals surface area contributed by atoms with Crippen molar-refractivity contribution in [1.29, 1.82) is 0 Å². The van der Waals surface area contributed by atoms with Crippen molar-refractivity contribution in [2.24, 2.45) is 0 Å². The molecule has 3 amide bonds. The third kappa shape index (κ3) is 4.47. The average Bonchev–Trinajstić information content (AvgIpc) is 2.95. The maximum atomic E-state index is 12.3. The zero-order valence-electron chi connectivity index (χ0n) is 15.0. The topological polar surface area (TPSA) is 79.0 Å². The fourth-order valence-corrected chi connectivity index (χ4v) is 4.18. The van der Waals surface area contributed by atoms with Crippen LogP contribution in [0.5, 0.6) is 0 Å². The first-order chi connectivity index (χ1) is 12.7. The Bertz CT molecular complexity index is 597. The summed E-state index contributed by atoms with van der Waals surface area (Å²) in [5.74, 6) is -2.68. The van der Waals surface area contributed by atoms with Crippen LogP contribution in [-0.4, -0.2) is 71.7 Å². The van der Waals surface area contributed by atoms with Gasteiger partial charge in [-0.2, -0.15) is 13.2 Å². The molecule has 3 fully saturated rings. The van der Waals surface area contributed by atoms with Gasteiger partial charge in [0.25, 0.3) is 0 Å². The largest absolute Gasteiger partial charge is 0.471 e. The molecule has 2 saturated heterocycles. The molecule has 3 aliphatic rings. The summed E-state index contributed by atoms with van der Waals surface area (Å²) in [4.78, 5) is 38.3. The highest BCUT2D eigenvalue weighted by Crippen LogP contribution is 2.38. The molecule has 1 spiro atoms. The standard InChI is InChI=1S/C17H24F3N3O4/c18-17(19,20)14(25)21-10-13(24)22-8-4-12(5-9-22)23-11-16(27-15(23)26)6-2-1-3-7-16/h12H,1-11H2,(H,21,25). The molecular formula is C17H24F3N3O4. The zero-order valence-corrected chi connectivity index (χ0v) is 15.0. The van der Waals surface area contributed by atoms with Crippen LogP contribution in [0.15, 0.2) is 0 Å². The molecule has 0 aromatic heterocycles. The molecule has 0 radical (unpaired) electrons. The van der Waals surface area contributed by atoms with Crippen molar-refractivity contribution in [3.05, 3.63) is 0 Å². The van der Waals surface area contributed by atoms with E-state index >= 15 is 0 Å². The molecular weight excluding hydrogens is 367 g/mol. The van der Waals surface area contributed by atoms with Gasteiger partial charge in [-0.15, -0.1) is 0 Å². The van der Waals surface area contributed by atoms with Crippen LogP contribution in [0.4, 0.5) is 18.0 Å². The van der Waals surface area contributed by atoms with Crippen molar-refractivity contribution >= 4 is 17.9 Å². The van der Waals surface area contributed by atoms with Crippen LogP contribution >= 0.6 is 0 Å². The maximum Gasteiger partial charge on any atom is 0.471 e. The first-order valence-corrected chi connectivity index (χ1v) is 9.33. The number of likely N-dealkylation sites (tertiary alicyclic amines) is 1. The van der Waals surface area contributed by atoms with Crippen LogP contribution in [0.2, 0.25) is 0 Å². The second kappa shape index (κ2) is 7.55. The lowest BCUT2D eigenvalue weighted by molar-refractivity contribution is -0.174. The van der Waals surface area contributed by atoms with E-state index in [1.165, 1.54) is 4.90 Å². The Morgan fingerprint density at radius 3 is 2.37 bits per heavy atom. The molecule has 2 heterocycles. The van der Waals surface area contributed by atoms with Gasteiger partial charge in [-0.25, -0.2) is 4.79 Å². The van der Waals surface area contributed by atoms with E-state index < -0.39 is 24.5 Å². The van der Waals surface area contributed by atoms with E-state index in [0.717, 1.165) is 32.1 Å². The summed E-state index contributed by atoms with van der Waals surface area (Å²) in [5.41, 5.74) is -0.371. The van der Waals surface area contributed by atoms with Crippen LogP contribution < -0.4 is 5.32 Å². The van der Waals surface area contributed by atoms with Crippen molar-refractivity contribution in [1.82, 2.24) is 15.1 Å². The number of nitrogens with one attached hydrogen (secondary N) is 1. The SMILES string of the molecule is O=C(CNC(=O)C(F)(F)F)N1CCC(N2CC3(CCCCC3)OC2=O)CC1. The zero-order chi connectivity index (χ0) is 19.7. The van der Waals surface area contributed by atoms with Gasteiger partial charge >= 0.3 is 18.2 Å². The minimum Gasteiger partial charge on any atom is -0.441 e. The highest BCUT2D eigenvalue weighted by Gasteiger charge is 2.48. The van der Waals surface area contributed by atoms with Crippen molar-refractivity contribution in [2.75, 3.05) is 26.2 Å². The van der Waals surface area contributed by atoms with Crippen molar-refractivity contribution in [3.63, 3.8) is 0 Å². The van der Waals surface area contributed by atoms with Gasteiger partial charge < -0.3 is 19.9 Å². The lowest BCUT2D eigenvalue weighted by Gasteiger charge is -2.36. The number of halogens is 3. The Hall–Kier alpha value is -2.00. The van der Waals surface area contributed by atoms with Crippen LogP contribution in [0.1, 0.15) is 44.9 Å². The first-order valence-electron chi connectivity index (χ1n) is 9.33. The fraction of sp³-hybridized carbons (Fsp3) is 0.824. The molecule has 7 nitrogen and oxygen atoms in total. The minimum atomic E-state index is -5.00. The molecule has 0 aromatic rings. The number of carbonyl (C=O) groups excluding carboxylic acids is 3. The van der Waals surface area contributed by atoms with Crippen molar-refractivity contribution in [3.8, 4) is 0 Å². The fourth-order valence-electron chi connectivity index (χ4n) is 4.18. The molecule has 0 atom stereocenters. The van der Waals surface area contributed by atoms with E-state index in [1.807, 2.05) is 0 Å². The van der Waals surface area contributed by atoms with Crippen molar-refractivity contribution < 1.29 is 32.3 Å². The maximum absolute atomic E-state index is 12.3. The van der Waals surface area contributed by atoms with Crippen molar-refractivity contribution in [2.45, 2.75) is 62.8 Å². The smallest absolute Gasteiger partial charge is 0.441 e. The van der Waals surface area contributed by atoms with Crippen LogP contribution in [0.3, 0.4) is 0 Å². The van der Waals surface area contributed by atoms with Gasteiger partial charge in [0.1, 0.15) is 5.60 Å². The minimum absolute atomic E-state index is 0.0346. The normalized spacial score (nSPS) is 23.4. The summed E-state index contributed by atoms with van der Waals surface area (Å²) in [7, 11) is 0. The number of ether oxygens (including phenoxy) is 1. The Labute approximate surface area is 155 Å². The highest BCUT2D eigenvalue weighted by molar-refractivity contribution is 5.87. The number of nitrogens with zero attached hydrogens (tertiary/aromatic N) is 2. The molecule has 3 rings (SSSR count). The molecule has 1 aliphatic carbocycles. The van der Waals surface area contributed by atoms with Gasteiger partial charge in [0.15, 0.2) is 0 Å². The highest BCUT2D eigenvalue weighted by atomic mass is 19.4. The third-order valence-corrected chi connectivity index (χ3v) is 5.68. The van der Waals surface area contributed by atoms with Gasteiger partial charge in [-0.3, -0.25) is 9.59 Å². The third-order valence-electron chi connectivity index (χ3n) is 5.68. The van der Waals surface area contributed by atoms with Gasteiger partial charge in [0.05, 0.1) is 13.1 Å². The summed E-state index contributed by atoms with van der Waals surface area (Å²) >= 11 is 0. The van der Waals surface area contributed by atoms with E-state index in [9.17, 15) is 27.6 Å². The number of piperidine rings is 1. The second-order valence-corrected chi connectivity index (χ2v) is 7.53. The Morgan fingerprint density at radius 2 is 1.78 bits per heavy atom. The summed E-state index contributed by atoms with van der Waals surface area (Å²) < 4.78 is 42.2. The first kappa shape index (κ1) is 19.8. The number of hydrogen-bond acceptors (Lipinski definition) is 4. The molecule has 1 saturated carbocycles. The average molecular weight is 391 g/mol. The predicted molar refractivity (Wildman–Crippen MR) is 87.7 cm³/mol. The molecule has 2 aliphatic heterocycles. The second-order valence-electron chi connectivity index (χ2n) is 7.53. The van der Waals surface area contributed by atoms with E-state index in [2.05, 4.69) is 0 Å². The summed E-state index contributed by atoms with van der Waals surface area (Å²) in [6, 6.07) is -0.0346. The molecule has 0 unspecified atom stereocenters. The van der Waals surface area contributed by atoms with Crippen LogP contribution in [-0.2, 0) is 14.3 Å². The van der Waals surface area contributed by atoms with E-state index in [-0.39, 0.29) is 17.7 Å².